The molecule has 2 aromatic rings. The number of hydrogen-bond acceptors (Lipinski definition) is 4. The van der Waals surface area contributed by atoms with Crippen molar-refractivity contribution in [2.75, 3.05) is 26.4 Å². The first-order chi connectivity index (χ1) is 9.40. The van der Waals surface area contributed by atoms with E-state index in [1.54, 1.807) is 0 Å². The van der Waals surface area contributed by atoms with Crippen molar-refractivity contribution in [2.45, 2.75) is 6.54 Å². The lowest BCUT2D eigenvalue weighted by Gasteiger charge is -2.03. The van der Waals surface area contributed by atoms with Crippen LogP contribution in [0.25, 0.3) is 11.3 Å². The highest BCUT2D eigenvalue weighted by Gasteiger charge is 2.02. The lowest BCUT2D eigenvalue weighted by atomic mass is 10.1. The monoisotopic (exact) mass is 261 g/mol. The maximum absolute atomic E-state index is 8.55. The van der Waals surface area contributed by atoms with Gasteiger partial charge in [-0.05, 0) is 6.07 Å². The molecule has 0 unspecified atom stereocenters. The summed E-state index contributed by atoms with van der Waals surface area (Å²) in [5.41, 5.74) is 3.10. The molecule has 5 nitrogen and oxygen atoms in total. The summed E-state index contributed by atoms with van der Waals surface area (Å²) in [6, 6.07) is 12.1. The van der Waals surface area contributed by atoms with Crippen molar-refractivity contribution in [3.8, 4) is 11.3 Å². The molecule has 0 saturated heterocycles. The largest absolute Gasteiger partial charge is 0.394 e. The summed E-state index contributed by atoms with van der Waals surface area (Å²) in [7, 11) is 0. The van der Waals surface area contributed by atoms with Crippen molar-refractivity contribution >= 4 is 0 Å². The van der Waals surface area contributed by atoms with Crippen molar-refractivity contribution in [3.63, 3.8) is 0 Å². The van der Waals surface area contributed by atoms with Gasteiger partial charge < -0.3 is 15.2 Å². The number of ether oxygens (including phenoxy) is 1. The molecule has 0 aliphatic carbocycles. The summed E-state index contributed by atoms with van der Waals surface area (Å²) in [5.74, 6) is 0. The van der Waals surface area contributed by atoms with Crippen molar-refractivity contribution in [3.05, 3.63) is 42.1 Å². The minimum absolute atomic E-state index is 0.0704. The van der Waals surface area contributed by atoms with Crippen LogP contribution in [-0.4, -0.2) is 41.7 Å². The van der Waals surface area contributed by atoms with Gasteiger partial charge in [0.2, 0.25) is 0 Å². The minimum Gasteiger partial charge on any atom is -0.394 e. The zero-order valence-corrected chi connectivity index (χ0v) is 10.8. The van der Waals surface area contributed by atoms with E-state index in [4.69, 9.17) is 9.84 Å². The molecule has 1 aromatic heterocycles. The second-order valence-electron chi connectivity index (χ2n) is 4.16. The summed E-state index contributed by atoms with van der Waals surface area (Å²) in [6.45, 7) is 2.53. The van der Waals surface area contributed by atoms with E-state index in [1.807, 2.05) is 36.4 Å². The molecule has 102 valence electrons. The third-order valence-corrected chi connectivity index (χ3v) is 2.67. The Bertz CT molecular complexity index is 471. The minimum atomic E-state index is 0.0704. The molecule has 3 N–H and O–H groups in total. The van der Waals surface area contributed by atoms with Crippen molar-refractivity contribution in [1.82, 2.24) is 15.5 Å². The van der Waals surface area contributed by atoms with E-state index in [0.29, 0.717) is 13.2 Å². The fraction of sp³-hybridized carbons (Fsp3) is 0.357. The summed E-state index contributed by atoms with van der Waals surface area (Å²) in [5, 5.41) is 19.1. The molecule has 0 radical (unpaired) electrons. The van der Waals surface area contributed by atoms with Gasteiger partial charge in [0.05, 0.1) is 25.5 Å². The maximum atomic E-state index is 8.55. The normalized spacial score (nSPS) is 10.8. The van der Waals surface area contributed by atoms with Crippen LogP contribution in [0, 0.1) is 0 Å². The van der Waals surface area contributed by atoms with Crippen LogP contribution in [0.3, 0.4) is 0 Å². The van der Waals surface area contributed by atoms with Gasteiger partial charge >= 0.3 is 0 Å². The van der Waals surface area contributed by atoms with Crippen LogP contribution in [0.5, 0.6) is 0 Å². The Balaban J connectivity index is 1.75. The van der Waals surface area contributed by atoms with Gasteiger partial charge in [-0.15, -0.1) is 0 Å². The van der Waals surface area contributed by atoms with Gasteiger partial charge in [-0.2, -0.15) is 5.10 Å². The molecule has 0 saturated carbocycles. The number of rotatable bonds is 8. The number of aromatic amines is 1. The molecular weight excluding hydrogens is 242 g/mol. The molecule has 5 heteroatoms. The first kappa shape index (κ1) is 13.7. The van der Waals surface area contributed by atoms with E-state index in [9.17, 15) is 0 Å². The van der Waals surface area contributed by atoms with Crippen LogP contribution in [0.15, 0.2) is 36.4 Å². The Hall–Kier alpha value is -1.69. The molecule has 0 fully saturated rings. The average molecular weight is 261 g/mol. The van der Waals surface area contributed by atoms with Crippen molar-refractivity contribution in [1.29, 1.82) is 0 Å². The van der Waals surface area contributed by atoms with Crippen LogP contribution >= 0.6 is 0 Å². The van der Waals surface area contributed by atoms with Crippen LogP contribution in [0.4, 0.5) is 0 Å². The first-order valence-corrected chi connectivity index (χ1v) is 6.39. The SMILES string of the molecule is OCCOCCNCc1cc(-c2ccccc2)n[nH]1. The molecule has 0 bridgehead atoms. The fourth-order valence-corrected chi connectivity index (χ4v) is 1.74. The molecule has 1 heterocycles. The molecule has 19 heavy (non-hydrogen) atoms. The Morgan fingerprint density at radius 2 is 2.05 bits per heavy atom. The topological polar surface area (TPSA) is 70.2 Å². The molecular formula is C14H19N3O2. The molecule has 0 aliphatic rings. The molecule has 0 aliphatic heterocycles. The predicted molar refractivity (Wildman–Crippen MR) is 73.6 cm³/mol. The molecule has 1 aromatic carbocycles. The summed E-state index contributed by atoms with van der Waals surface area (Å²) in [6.07, 6.45) is 0. The second-order valence-corrected chi connectivity index (χ2v) is 4.16. The van der Waals surface area contributed by atoms with E-state index in [1.165, 1.54) is 0 Å². The van der Waals surface area contributed by atoms with Crippen LogP contribution < -0.4 is 5.32 Å². The number of aliphatic hydroxyl groups excluding tert-OH is 1. The molecule has 0 atom stereocenters. The van der Waals surface area contributed by atoms with Crippen LogP contribution in [-0.2, 0) is 11.3 Å². The average Bonchev–Trinajstić information content (AvgIpc) is 2.92. The van der Waals surface area contributed by atoms with Crippen molar-refractivity contribution in [2.24, 2.45) is 0 Å². The Kier molecular flexibility index (Phi) is 5.55. The summed E-state index contributed by atoms with van der Waals surface area (Å²) in [4.78, 5) is 0. The molecule has 0 spiro atoms. The molecule has 0 amide bonds. The Morgan fingerprint density at radius 1 is 1.21 bits per heavy atom. The number of benzene rings is 1. The highest BCUT2D eigenvalue weighted by molar-refractivity contribution is 5.58. The zero-order valence-electron chi connectivity index (χ0n) is 10.8. The number of aliphatic hydroxyl groups is 1. The number of hydrogen-bond donors (Lipinski definition) is 3. The number of aromatic nitrogens is 2. The number of nitrogens with zero attached hydrogens (tertiary/aromatic N) is 1. The third kappa shape index (κ3) is 4.48. The Labute approximate surface area is 112 Å². The van der Waals surface area contributed by atoms with E-state index < -0.39 is 0 Å². The van der Waals surface area contributed by atoms with Gasteiger partial charge in [0, 0.05) is 24.3 Å². The third-order valence-electron chi connectivity index (χ3n) is 2.67. The lowest BCUT2D eigenvalue weighted by Crippen LogP contribution is -2.20. The van der Waals surface area contributed by atoms with Gasteiger partial charge in [0.25, 0.3) is 0 Å². The van der Waals surface area contributed by atoms with Gasteiger partial charge in [0.15, 0.2) is 0 Å². The summed E-state index contributed by atoms with van der Waals surface area (Å²) < 4.78 is 5.16. The maximum Gasteiger partial charge on any atom is 0.0924 e. The highest BCUT2D eigenvalue weighted by Crippen LogP contribution is 2.16. The first-order valence-electron chi connectivity index (χ1n) is 6.39. The fourth-order valence-electron chi connectivity index (χ4n) is 1.74. The molecule has 2 rings (SSSR count). The van der Waals surface area contributed by atoms with E-state index >= 15 is 0 Å². The van der Waals surface area contributed by atoms with Gasteiger partial charge in [0.1, 0.15) is 0 Å². The number of nitrogens with one attached hydrogen (secondary N) is 2. The second kappa shape index (κ2) is 7.68. The van der Waals surface area contributed by atoms with E-state index in [0.717, 1.165) is 30.0 Å². The highest BCUT2D eigenvalue weighted by atomic mass is 16.5. The van der Waals surface area contributed by atoms with E-state index in [2.05, 4.69) is 15.5 Å². The smallest absolute Gasteiger partial charge is 0.0924 e. The van der Waals surface area contributed by atoms with E-state index in [-0.39, 0.29) is 6.61 Å². The van der Waals surface area contributed by atoms with Crippen molar-refractivity contribution < 1.29 is 9.84 Å². The summed E-state index contributed by atoms with van der Waals surface area (Å²) >= 11 is 0. The number of H-pyrrole nitrogens is 1. The Morgan fingerprint density at radius 3 is 2.84 bits per heavy atom. The predicted octanol–water partition coefficient (Wildman–Crippen LogP) is 1.18. The standard InChI is InChI=1S/C14H19N3O2/c18-7-9-19-8-6-15-11-13-10-14(17-16-13)12-4-2-1-3-5-12/h1-5,10,15,18H,6-9,11H2,(H,16,17). The van der Waals surface area contributed by atoms with Gasteiger partial charge in [-0.3, -0.25) is 5.10 Å². The van der Waals surface area contributed by atoms with Gasteiger partial charge in [-0.25, -0.2) is 0 Å². The van der Waals surface area contributed by atoms with Crippen LogP contribution in [0.1, 0.15) is 5.69 Å². The lowest BCUT2D eigenvalue weighted by molar-refractivity contribution is 0.0937. The van der Waals surface area contributed by atoms with Crippen LogP contribution in [0.2, 0.25) is 0 Å². The zero-order chi connectivity index (χ0) is 13.3. The van der Waals surface area contributed by atoms with Gasteiger partial charge in [-0.1, -0.05) is 30.3 Å². The quantitative estimate of drug-likeness (QED) is 0.624.